The second-order valence-corrected chi connectivity index (χ2v) is 8.05. The van der Waals surface area contributed by atoms with Gasteiger partial charge in [-0.1, -0.05) is 36.1 Å². The van der Waals surface area contributed by atoms with Gasteiger partial charge in [-0.15, -0.1) is 0 Å². The first-order valence-corrected chi connectivity index (χ1v) is 9.96. The standard InChI is InChI=1S/C21H13FN2O4S2/c22-14-3-1-2-12(8-14)9-17-20(27)24(21(29)30-17)11-18(25)23-15-5-6-16-13(10-15)4-7-19(26)28-16/h1-10H,11H2,(H,23,25)/b17-9-. The Kier molecular flexibility index (Phi) is 5.47. The summed E-state index contributed by atoms with van der Waals surface area (Å²) in [5.74, 6) is -1.26. The zero-order chi connectivity index (χ0) is 21.3. The average molecular weight is 440 g/mol. The highest BCUT2D eigenvalue weighted by Crippen LogP contribution is 2.32. The number of hydrogen-bond acceptors (Lipinski definition) is 6. The van der Waals surface area contributed by atoms with Crippen LogP contribution in [0.25, 0.3) is 17.0 Å². The second kappa shape index (κ2) is 8.21. The lowest BCUT2D eigenvalue weighted by Gasteiger charge is -2.14. The highest BCUT2D eigenvalue weighted by atomic mass is 32.2. The Morgan fingerprint density at radius 2 is 2.00 bits per heavy atom. The van der Waals surface area contributed by atoms with Crippen LogP contribution in [0.1, 0.15) is 5.56 Å². The van der Waals surface area contributed by atoms with E-state index in [0.717, 1.165) is 11.8 Å². The zero-order valence-corrected chi connectivity index (χ0v) is 16.9. The quantitative estimate of drug-likeness (QED) is 0.378. The van der Waals surface area contributed by atoms with Gasteiger partial charge < -0.3 is 9.73 Å². The molecule has 1 aromatic heterocycles. The third kappa shape index (κ3) is 4.32. The van der Waals surface area contributed by atoms with Gasteiger partial charge in [0.2, 0.25) is 5.91 Å². The van der Waals surface area contributed by atoms with E-state index in [9.17, 15) is 18.8 Å². The number of fused-ring (bicyclic) bond motifs is 1. The van der Waals surface area contributed by atoms with E-state index in [2.05, 4.69) is 5.32 Å². The van der Waals surface area contributed by atoms with Crippen molar-refractivity contribution in [3.05, 3.63) is 81.3 Å². The Morgan fingerprint density at radius 1 is 1.17 bits per heavy atom. The summed E-state index contributed by atoms with van der Waals surface area (Å²) in [7, 11) is 0. The molecular weight excluding hydrogens is 427 g/mol. The number of benzene rings is 2. The molecule has 9 heteroatoms. The van der Waals surface area contributed by atoms with Crippen LogP contribution in [-0.2, 0) is 9.59 Å². The Bertz CT molecular complexity index is 1290. The van der Waals surface area contributed by atoms with Crippen molar-refractivity contribution in [2.24, 2.45) is 0 Å². The first kappa shape index (κ1) is 20.0. The largest absolute Gasteiger partial charge is 0.423 e. The molecule has 0 spiro atoms. The maximum atomic E-state index is 13.4. The number of anilines is 1. The van der Waals surface area contributed by atoms with Gasteiger partial charge in [-0.2, -0.15) is 0 Å². The molecule has 0 bridgehead atoms. The lowest BCUT2D eigenvalue weighted by molar-refractivity contribution is -0.126. The summed E-state index contributed by atoms with van der Waals surface area (Å²) in [5, 5.41) is 3.35. The third-order valence-corrected chi connectivity index (χ3v) is 5.60. The summed E-state index contributed by atoms with van der Waals surface area (Å²) in [4.78, 5) is 37.8. The minimum Gasteiger partial charge on any atom is -0.423 e. The molecule has 1 N–H and O–H groups in total. The summed E-state index contributed by atoms with van der Waals surface area (Å²) in [6, 6.07) is 13.5. The predicted molar refractivity (Wildman–Crippen MR) is 117 cm³/mol. The summed E-state index contributed by atoms with van der Waals surface area (Å²) in [5.41, 5.74) is 0.963. The van der Waals surface area contributed by atoms with Crippen molar-refractivity contribution < 1.29 is 18.4 Å². The smallest absolute Gasteiger partial charge is 0.336 e. The zero-order valence-electron chi connectivity index (χ0n) is 15.3. The van der Waals surface area contributed by atoms with E-state index in [1.807, 2.05) is 0 Å². The Morgan fingerprint density at radius 3 is 2.80 bits per heavy atom. The highest BCUT2D eigenvalue weighted by molar-refractivity contribution is 8.26. The fraction of sp³-hybridized carbons (Fsp3) is 0.0476. The fourth-order valence-electron chi connectivity index (χ4n) is 2.88. The van der Waals surface area contributed by atoms with E-state index in [0.29, 0.717) is 27.1 Å². The molecule has 0 unspecified atom stereocenters. The Labute approximate surface area is 179 Å². The van der Waals surface area contributed by atoms with Crippen LogP contribution in [0.4, 0.5) is 10.1 Å². The number of rotatable bonds is 4. The number of carbonyl (C=O) groups excluding carboxylic acids is 2. The molecule has 1 saturated heterocycles. The van der Waals surface area contributed by atoms with Crippen LogP contribution in [0.2, 0.25) is 0 Å². The van der Waals surface area contributed by atoms with Crippen molar-refractivity contribution in [2.75, 3.05) is 11.9 Å². The minimum atomic E-state index is -0.458. The molecule has 4 rings (SSSR count). The van der Waals surface area contributed by atoms with Gasteiger partial charge in [0.15, 0.2) is 0 Å². The van der Waals surface area contributed by atoms with Crippen LogP contribution in [-0.4, -0.2) is 27.6 Å². The summed E-state index contributed by atoms with van der Waals surface area (Å²) in [6.45, 7) is -0.257. The molecule has 1 fully saturated rings. The first-order valence-electron chi connectivity index (χ1n) is 8.74. The van der Waals surface area contributed by atoms with Gasteiger partial charge in [-0.25, -0.2) is 9.18 Å². The average Bonchev–Trinajstić information content (AvgIpc) is 2.95. The van der Waals surface area contributed by atoms with Gasteiger partial charge >= 0.3 is 5.63 Å². The van der Waals surface area contributed by atoms with Gasteiger partial charge in [0.1, 0.15) is 22.3 Å². The Balaban J connectivity index is 1.46. The molecular formula is C21H13FN2O4S2. The summed E-state index contributed by atoms with van der Waals surface area (Å²) in [6.07, 6.45) is 1.54. The van der Waals surface area contributed by atoms with Gasteiger partial charge in [0, 0.05) is 17.1 Å². The van der Waals surface area contributed by atoms with E-state index in [-0.39, 0.29) is 10.9 Å². The molecule has 1 aliphatic rings. The number of hydrogen-bond donors (Lipinski definition) is 1. The van der Waals surface area contributed by atoms with E-state index in [1.165, 1.54) is 29.2 Å². The third-order valence-electron chi connectivity index (χ3n) is 4.22. The normalized spacial score (nSPS) is 15.2. The van der Waals surface area contributed by atoms with Crippen molar-refractivity contribution in [2.45, 2.75) is 0 Å². The Hall–Kier alpha value is -3.30. The molecule has 3 aromatic rings. The summed E-state index contributed by atoms with van der Waals surface area (Å²) >= 11 is 6.28. The summed E-state index contributed by atoms with van der Waals surface area (Å²) < 4.78 is 18.7. The molecule has 6 nitrogen and oxygen atoms in total. The molecule has 0 atom stereocenters. The van der Waals surface area contributed by atoms with Gasteiger partial charge in [0.25, 0.3) is 5.91 Å². The van der Waals surface area contributed by atoms with Crippen molar-refractivity contribution >= 4 is 62.8 Å². The van der Waals surface area contributed by atoms with Crippen LogP contribution in [0.3, 0.4) is 0 Å². The molecule has 30 heavy (non-hydrogen) atoms. The monoisotopic (exact) mass is 440 g/mol. The van der Waals surface area contributed by atoms with Crippen molar-refractivity contribution in [1.82, 2.24) is 4.90 Å². The number of nitrogens with one attached hydrogen (secondary N) is 1. The molecule has 1 aliphatic heterocycles. The van der Waals surface area contributed by atoms with Crippen LogP contribution >= 0.6 is 24.0 Å². The molecule has 2 amide bonds. The van der Waals surface area contributed by atoms with E-state index in [4.69, 9.17) is 16.6 Å². The molecule has 0 radical (unpaired) electrons. The van der Waals surface area contributed by atoms with Crippen molar-refractivity contribution in [1.29, 1.82) is 0 Å². The number of thioether (sulfide) groups is 1. The molecule has 2 aromatic carbocycles. The maximum absolute atomic E-state index is 13.4. The van der Waals surface area contributed by atoms with Gasteiger partial charge in [-0.3, -0.25) is 14.5 Å². The van der Waals surface area contributed by atoms with E-state index >= 15 is 0 Å². The maximum Gasteiger partial charge on any atom is 0.336 e. The number of halogens is 1. The van der Waals surface area contributed by atoms with Crippen LogP contribution in [0, 0.1) is 5.82 Å². The topological polar surface area (TPSA) is 79.6 Å². The predicted octanol–water partition coefficient (Wildman–Crippen LogP) is 3.77. The van der Waals surface area contributed by atoms with Gasteiger partial charge in [0.05, 0.1) is 4.91 Å². The van der Waals surface area contributed by atoms with E-state index < -0.39 is 23.3 Å². The van der Waals surface area contributed by atoms with Crippen LogP contribution in [0.5, 0.6) is 0 Å². The molecule has 0 aliphatic carbocycles. The van der Waals surface area contributed by atoms with Crippen LogP contribution < -0.4 is 10.9 Å². The molecule has 2 heterocycles. The number of thiocarbonyl (C=S) groups is 1. The first-order chi connectivity index (χ1) is 14.4. The van der Waals surface area contributed by atoms with Crippen LogP contribution in [0.15, 0.2) is 68.7 Å². The lowest BCUT2D eigenvalue weighted by atomic mass is 10.2. The SMILES string of the molecule is O=C(CN1C(=O)/C(=C/c2cccc(F)c2)SC1=S)Nc1ccc2oc(=O)ccc2c1. The van der Waals surface area contributed by atoms with Crippen molar-refractivity contribution in [3.63, 3.8) is 0 Å². The second-order valence-electron chi connectivity index (χ2n) is 6.38. The minimum absolute atomic E-state index is 0.248. The van der Waals surface area contributed by atoms with Gasteiger partial charge in [-0.05, 0) is 48.0 Å². The number of amides is 2. The lowest BCUT2D eigenvalue weighted by Crippen LogP contribution is -2.36. The molecule has 150 valence electrons. The highest BCUT2D eigenvalue weighted by Gasteiger charge is 2.33. The fourth-order valence-corrected chi connectivity index (χ4v) is 4.13. The molecule has 0 saturated carbocycles. The number of carbonyl (C=O) groups is 2. The van der Waals surface area contributed by atoms with E-state index in [1.54, 1.807) is 36.4 Å². The number of nitrogens with zero attached hydrogens (tertiary/aromatic N) is 1. The van der Waals surface area contributed by atoms with Crippen molar-refractivity contribution in [3.8, 4) is 0 Å².